The summed E-state index contributed by atoms with van der Waals surface area (Å²) in [6, 6.07) is -2.61. The molecular weight excluding hydrogens is 191 g/mol. The lowest BCUT2D eigenvalue weighted by Crippen LogP contribution is -2.40. The third-order valence-corrected chi connectivity index (χ3v) is 1.26. The number of nitrogens with zero attached hydrogens (tertiary/aromatic N) is 1. The number of nitro groups is 1. The summed E-state index contributed by atoms with van der Waals surface area (Å²) in [7, 11) is 0. The molecule has 0 heterocycles. The molecule has 13 heavy (non-hydrogen) atoms. The maximum Gasteiger partial charge on any atom is 0.459 e. The average molecular weight is 201 g/mol. The summed E-state index contributed by atoms with van der Waals surface area (Å²) in [4.78, 5) is 8.57. The standard InChI is InChI=1S/C6H10F3NO3/c1-2-3-13-4-5(10(11)12)6(7,8)9/h5H,2-4H2,1H3. The molecule has 7 heteroatoms. The molecule has 0 aromatic carbocycles. The Balaban J connectivity index is 4.04. The van der Waals surface area contributed by atoms with Crippen molar-refractivity contribution < 1.29 is 22.8 Å². The van der Waals surface area contributed by atoms with Gasteiger partial charge in [-0.2, -0.15) is 13.2 Å². The van der Waals surface area contributed by atoms with Gasteiger partial charge < -0.3 is 4.74 Å². The first-order chi connectivity index (χ1) is 5.89. The van der Waals surface area contributed by atoms with Crippen molar-refractivity contribution in [1.29, 1.82) is 0 Å². The van der Waals surface area contributed by atoms with Crippen LogP contribution in [0.5, 0.6) is 0 Å². The van der Waals surface area contributed by atoms with E-state index in [1.165, 1.54) is 0 Å². The lowest BCUT2D eigenvalue weighted by molar-refractivity contribution is -0.566. The Labute approximate surface area is 72.8 Å². The van der Waals surface area contributed by atoms with Crippen LogP contribution in [0.25, 0.3) is 0 Å². The van der Waals surface area contributed by atoms with Gasteiger partial charge >= 0.3 is 12.2 Å². The van der Waals surface area contributed by atoms with Crippen LogP contribution in [-0.4, -0.2) is 30.4 Å². The first-order valence-electron chi connectivity index (χ1n) is 3.67. The van der Waals surface area contributed by atoms with Crippen molar-refractivity contribution in [2.75, 3.05) is 13.2 Å². The molecule has 0 aromatic rings. The summed E-state index contributed by atoms with van der Waals surface area (Å²) in [6.45, 7) is 0.888. The van der Waals surface area contributed by atoms with E-state index in [1.807, 2.05) is 0 Å². The fourth-order valence-corrected chi connectivity index (χ4v) is 0.614. The third-order valence-electron chi connectivity index (χ3n) is 1.26. The van der Waals surface area contributed by atoms with E-state index in [1.54, 1.807) is 6.92 Å². The molecular formula is C6H10F3NO3. The van der Waals surface area contributed by atoms with Gasteiger partial charge in [0.25, 0.3) is 0 Å². The molecule has 0 aliphatic heterocycles. The predicted octanol–water partition coefficient (Wildman–Crippen LogP) is 1.62. The molecule has 0 amide bonds. The fourth-order valence-electron chi connectivity index (χ4n) is 0.614. The Hall–Kier alpha value is -0.850. The molecule has 4 nitrogen and oxygen atoms in total. The molecule has 0 fully saturated rings. The molecule has 0 bridgehead atoms. The minimum Gasteiger partial charge on any atom is -0.374 e. The Kier molecular flexibility index (Phi) is 4.68. The van der Waals surface area contributed by atoms with Crippen molar-refractivity contribution in [3.63, 3.8) is 0 Å². The van der Waals surface area contributed by atoms with Gasteiger partial charge in [0.15, 0.2) is 0 Å². The summed E-state index contributed by atoms with van der Waals surface area (Å²) >= 11 is 0. The molecule has 0 spiro atoms. The lowest BCUT2D eigenvalue weighted by atomic mass is 10.3. The molecule has 78 valence electrons. The molecule has 0 N–H and O–H groups in total. The van der Waals surface area contributed by atoms with Crippen molar-refractivity contribution >= 4 is 0 Å². The van der Waals surface area contributed by atoms with Gasteiger partial charge in [-0.15, -0.1) is 0 Å². The highest BCUT2D eigenvalue weighted by Gasteiger charge is 2.49. The summed E-state index contributed by atoms with van der Waals surface area (Å²) in [5.74, 6) is 0. The number of alkyl halides is 3. The van der Waals surface area contributed by atoms with Crippen molar-refractivity contribution in [2.24, 2.45) is 0 Å². The SMILES string of the molecule is CCCOCC([N+](=O)[O-])C(F)(F)F. The van der Waals surface area contributed by atoms with Crippen LogP contribution in [0.2, 0.25) is 0 Å². The second-order valence-corrected chi connectivity index (χ2v) is 2.42. The van der Waals surface area contributed by atoms with Crippen molar-refractivity contribution in [2.45, 2.75) is 25.6 Å². The van der Waals surface area contributed by atoms with E-state index in [-0.39, 0.29) is 6.61 Å². The molecule has 0 saturated carbocycles. The highest BCUT2D eigenvalue weighted by molar-refractivity contribution is 4.65. The molecule has 1 atom stereocenters. The molecule has 0 rings (SSSR count). The molecule has 0 aliphatic rings. The van der Waals surface area contributed by atoms with Crippen molar-refractivity contribution in [3.8, 4) is 0 Å². The summed E-state index contributed by atoms with van der Waals surface area (Å²) in [5, 5.41) is 9.95. The Morgan fingerprint density at radius 1 is 1.54 bits per heavy atom. The van der Waals surface area contributed by atoms with Gasteiger partial charge in [0.05, 0.1) is 0 Å². The highest BCUT2D eigenvalue weighted by atomic mass is 19.4. The van der Waals surface area contributed by atoms with Crippen LogP contribution in [0.4, 0.5) is 13.2 Å². The fraction of sp³-hybridized carbons (Fsp3) is 1.00. The van der Waals surface area contributed by atoms with Crippen LogP contribution in [0.3, 0.4) is 0 Å². The van der Waals surface area contributed by atoms with Gasteiger partial charge in [0.2, 0.25) is 0 Å². The summed E-state index contributed by atoms with van der Waals surface area (Å²) in [5.41, 5.74) is 0. The van der Waals surface area contributed by atoms with E-state index in [2.05, 4.69) is 4.74 Å². The van der Waals surface area contributed by atoms with Gasteiger partial charge in [-0.1, -0.05) is 6.92 Å². The zero-order chi connectivity index (χ0) is 10.5. The van der Waals surface area contributed by atoms with Crippen LogP contribution < -0.4 is 0 Å². The van der Waals surface area contributed by atoms with E-state index in [0.717, 1.165) is 0 Å². The normalized spacial score (nSPS) is 14.2. The number of hydrogen-bond acceptors (Lipinski definition) is 3. The zero-order valence-corrected chi connectivity index (χ0v) is 7.00. The maximum absolute atomic E-state index is 11.9. The highest BCUT2D eigenvalue weighted by Crippen LogP contribution is 2.22. The van der Waals surface area contributed by atoms with Crippen LogP contribution in [0.15, 0.2) is 0 Å². The first-order valence-corrected chi connectivity index (χ1v) is 3.67. The Morgan fingerprint density at radius 3 is 2.38 bits per heavy atom. The molecule has 0 radical (unpaired) electrons. The molecule has 0 aromatic heterocycles. The van der Waals surface area contributed by atoms with Crippen LogP contribution in [0, 0.1) is 10.1 Å². The minimum absolute atomic E-state index is 0.0976. The molecule has 0 saturated heterocycles. The Bertz CT molecular complexity index is 171. The summed E-state index contributed by atoms with van der Waals surface area (Å²) in [6.07, 6.45) is -4.31. The van der Waals surface area contributed by atoms with Crippen LogP contribution >= 0.6 is 0 Å². The van der Waals surface area contributed by atoms with Gasteiger partial charge in [-0.3, -0.25) is 10.1 Å². The number of halogens is 3. The van der Waals surface area contributed by atoms with Gasteiger partial charge in [0, 0.05) is 11.5 Å². The number of rotatable bonds is 5. The van der Waals surface area contributed by atoms with Crippen molar-refractivity contribution in [3.05, 3.63) is 10.1 Å². The largest absolute Gasteiger partial charge is 0.459 e. The molecule has 0 aliphatic carbocycles. The number of hydrogen-bond donors (Lipinski definition) is 0. The second-order valence-electron chi connectivity index (χ2n) is 2.42. The van der Waals surface area contributed by atoms with Crippen LogP contribution in [-0.2, 0) is 4.74 Å². The van der Waals surface area contributed by atoms with Crippen LogP contribution in [0.1, 0.15) is 13.3 Å². The van der Waals surface area contributed by atoms with Gasteiger partial charge in [-0.25, -0.2) is 0 Å². The van der Waals surface area contributed by atoms with Gasteiger partial charge in [-0.05, 0) is 6.42 Å². The monoisotopic (exact) mass is 201 g/mol. The van der Waals surface area contributed by atoms with Crippen molar-refractivity contribution in [1.82, 2.24) is 0 Å². The van der Waals surface area contributed by atoms with E-state index < -0.39 is 23.7 Å². The Morgan fingerprint density at radius 2 is 2.08 bits per heavy atom. The first kappa shape index (κ1) is 12.2. The predicted molar refractivity (Wildman–Crippen MR) is 37.9 cm³/mol. The third kappa shape index (κ3) is 4.66. The second kappa shape index (κ2) is 5.00. The average Bonchev–Trinajstić information content (AvgIpc) is 1.94. The van der Waals surface area contributed by atoms with E-state index in [4.69, 9.17) is 0 Å². The minimum atomic E-state index is -4.84. The quantitative estimate of drug-likeness (QED) is 0.386. The molecule has 1 unspecified atom stereocenters. The zero-order valence-electron chi connectivity index (χ0n) is 7.00. The summed E-state index contributed by atoms with van der Waals surface area (Å²) < 4.78 is 40.1. The van der Waals surface area contributed by atoms with E-state index in [0.29, 0.717) is 6.42 Å². The smallest absolute Gasteiger partial charge is 0.374 e. The van der Waals surface area contributed by atoms with Gasteiger partial charge in [0.1, 0.15) is 6.61 Å². The van der Waals surface area contributed by atoms with E-state index in [9.17, 15) is 23.3 Å². The lowest BCUT2D eigenvalue weighted by Gasteiger charge is -2.12. The van der Waals surface area contributed by atoms with E-state index >= 15 is 0 Å². The maximum atomic E-state index is 11.9. The topological polar surface area (TPSA) is 52.4 Å². The number of ether oxygens (including phenoxy) is 1.